The van der Waals surface area contributed by atoms with Crippen molar-refractivity contribution in [3.63, 3.8) is 0 Å². The molecule has 0 saturated carbocycles. The Bertz CT molecular complexity index is 353. The highest BCUT2D eigenvalue weighted by atomic mass is 16.1. The predicted octanol–water partition coefficient (Wildman–Crippen LogP) is 1.80. The van der Waals surface area contributed by atoms with Crippen LogP contribution in [0.2, 0.25) is 0 Å². The third kappa shape index (κ3) is 3.07. The van der Waals surface area contributed by atoms with Crippen LogP contribution in [0.15, 0.2) is 24.3 Å². The smallest absolute Gasteiger partial charge is 0.221 e. The molecule has 1 fully saturated rings. The molecule has 0 bridgehead atoms. The molecule has 1 heterocycles. The third-order valence-electron chi connectivity index (χ3n) is 2.96. The fourth-order valence-corrected chi connectivity index (χ4v) is 2.15. The largest absolute Gasteiger partial charge is 0.326 e. The Morgan fingerprint density at radius 1 is 1.44 bits per heavy atom. The molecule has 1 unspecified atom stereocenters. The van der Waals surface area contributed by atoms with Crippen molar-refractivity contribution in [3.8, 4) is 0 Å². The van der Waals surface area contributed by atoms with Gasteiger partial charge in [-0.15, -0.1) is 0 Å². The molecule has 1 atom stereocenters. The summed E-state index contributed by atoms with van der Waals surface area (Å²) in [5, 5.41) is 6.15. The normalized spacial score (nSPS) is 19.7. The maximum absolute atomic E-state index is 10.9. The van der Waals surface area contributed by atoms with E-state index in [9.17, 15) is 4.79 Å². The van der Waals surface area contributed by atoms with Crippen LogP contribution in [0.25, 0.3) is 0 Å². The lowest BCUT2D eigenvalue weighted by molar-refractivity contribution is -0.114. The van der Waals surface area contributed by atoms with Gasteiger partial charge in [0.25, 0.3) is 0 Å². The molecule has 1 aliphatic heterocycles. The molecule has 0 radical (unpaired) electrons. The van der Waals surface area contributed by atoms with Crippen LogP contribution in [0, 0.1) is 5.92 Å². The van der Waals surface area contributed by atoms with Crippen molar-refractivity contribution in [2.75, 3.05) is 18.4 Å². The van der Waals surface area contributed by atoms with Crippen LogP contribution in [0.4, 0.5) is 5.69 Å². The second-order valence-corrected chi connectivity index (χ2v) is 4.44. The van der Waals surface area contributed by atoms with Crippen LogP contribution in [0.3, 0.4) is 0 Å². The number of hydrogen-bond acceptors (Lipinski definition) is 2. The SMILES string of the molecule is CC(=O)Nc1ccc(CC2CCNC2)cc1. The van der Waals surface area contributed by atoms with Gasteiger partial charge < -0.3 is 10.6 Å². The summed E-state index contributed by atoms with van der Waals surface area (Å²) in [4.78, 5) is 10.9. The minimum atomic E-state index is -0.0206. The third-order valence-corrected chi connectivity index (χ3v) is 2.96. The average Bonchev–Trinajstić information content (AvgIpc) is 2.73. The van der Waals surface area contributed by atoms with Crippen LogP contribution in [0.5, 0.6) is 0 Å². The highest BCUT2D eigenvalue weighted by Gasteiger charge is 2.14. The van der Waals surface area contributed by atoms with Gasteiger partial charge in [0.1, 0.15) is 0 Å². The fraction of sp³-hybridized carbons (Fsp3) is 0.462. The van der Waals surface area contributed by atoms with E-state index in [2.05, 4.69) is 22.8 Å². The number of hydrogen-bond donors (Lipinski definition) is 2. The Balaban J connectivity index is 1.93. The van der Waals surface area contributed by atoms with E-state index in [1.54, 1.807) is 0 Å². The first-order valence-corrected chi connectivity index (χ1v) is 5.81. The van der Waals surface area contributed by atoms with Crippen LogP contribution in [-0.4, -0.2) is 19.0 Å². The number of rotatable bonds is 3. The summed E-state index contributed by atoms with van der Waals surface area (Å²) >= 11 is 0. The van der Waals surface area contributed by atoms with Gasteiger partial charge in [0.05, 0.1) is 0 Å². The molecule has 1 aromatic carbocycles. The monoisotopic (exact) mass is 218 g/mol. The Labute approximate surface area is 96.2 Å². The molecule has 2 N–H and O–H groups in total. The van der Waals surface area contributed by atoms with Gasteiger partial charge in [-0.1, -0.05) is 12.1 Å². The Morgan fingerprint density at radius 2 is 2.19 bits per heavy atom. The van der Waals surface area contributed by atoms with Crippen LogP contribution in [0.1, 0.15) is 18.9 Å². The lowest BCUT2D eigenvalue weighted by Gasteiger charge is -2.09. The van der Waals surface area contributed by atoms with E-state index in [1.807, 2.05) is 12.1 Å². The van der Waals surface area contributed by atoms with E-state index in [4.69, 9.17) is 0 Å². The standard InChI is InChI=1S/C13H18N2O/c1-10(16)15-13-4-2-11(3-5-13)8-12-6-7-14-9-12/h2-5,12,14H,6-9H2,1H3,(H,15,16). The zero-order chi connectivity index (χ0) is 11.4. The number of benzene rings is 1. The maximum Gasteiger partial charge on any atom is 0.221 e. The summed E-state index contributed by atoms with van der Waals surface area (Å²) in [5.74, 6) is 0.749. The number of nitrogens with one attached hydrogen (secondary N) is 2. The summed E-state index contributed by atoms with van der Waals surface area (Å²) < 4.78 is 0. The van der Waals surface area contributed by atoms with Crippen molar-refractivity contribution in [2.45, 2.75) is 19.8 Å². The van der Waals surface area contributed by atoms with Crippen molar-refractivity contribution in [2.24, 2.45) is 5.92 Å². The molecular formula is C13H18N2O. The summed E-state index contributed by atoms with van der Waals surface area (Å²) in [6.07, 6.45) is 2.40. The van der Waals surface area contributed by atoms with Crippen LogP contribution in [-0.2, 0) is 11.2 Å². The molecule has 16 heavy (non-hydrogen) atoms. The highest BCUT2D eigenvalue weighted by molar-refractivity contribution is 5.88. The van der Waals surface area contributed by atoms with E-state index in [-0.39, 0.29) is 5.91 Å². The van der Waals surface area contributed by atoms with Gasteiger partial charge in [-0.05, 0) is 49.5 Å². The van der Waals surface area contributed by atoms with Crippen molar-refractivity contribution in [1.29, 1.82) is 0 Å². The maximum atomic E-state index is 10.9. The number of amides is 1. The first kappa shape index (κ1) is 11.1. The molecule has 3 heteroatoms. The fourth-order valence-electron chi connectivity index (χ4n) is 2.15. The minimum absolute atomic E-state index is 0.0206. The predicted molar refractivity (Wildman–Crippen MR) is 65.4 cm³/mol. The second kappa shape index (κ2) is 5.12. The van der Waals surface area contributed by atoms with Gasteiger partial charge >= 0.3 is 0 Å². The molecule has 0 aliphatic carbocycles. The van der Waals surface area contributed by atoms with Crippen LogP contribution < -0.4 is 10.6 Å². The molecule has 1 aromatic rings. The van der Waals surface area contributed by atoms with E-state index in [1.165, 1.54) is 18.9 Å². The topological polar surface area (TPSA) is 41.1 Å². The first-order valence-electron chi connectivity index (χ1n) is 5.81. The quantitative estimate of drug-likeness (QED) is 0.812. The number of carbonyl (C=O) groups is 1. The molecule has 2 rings (SSSR count). The lowest BCUT2D eigenvalue weighted by atomic mass is 9.98. The van der Waals surface area contributed by atoms with E-state index in [0.717, 1.165) is 31.1 Å². The molecule has 1 saturated heterocycles. The molecule has 1 aliphatic rings. The Hall–Kier alpha value is -1.35. The molecule has 0 aromatic heterocycles. The lowest BCUT2D eigenvalue weighted by Crippen LogP contribution is -2.11. The Morgan fingerprint density at radius 3 is 2.75 bits per heavy atom. The van der Waals surface area contributed by atoms with Gasteiger partial charge in [-0.2, -0.15) is 0 Å². The summed E-state index contributed by atoms with van der Waals surface area (Å²) in [5.41, 5.74) is 2.23. The summed E-state index contributed by atoms with van der Waals surface area (Å²) in [7, 11) is 0. The second-order valence-electron chi connectivity index (χ2n) is 4.44. The van der Waals surface area contributed by atoms with Gasteiger partial charge in [-0.3, -0.25) is 4.79 Å². The summed E-state index contributed by atoms with van der Waals surface area (Å²) in [6.45, 7) is 3.81. The highest BCUT2D eigenvalue weighted by Crippen LogP contribution is 2.17. The van der Waals surface area contributed by atoms with Crippen molar-refractivity contribution >= 4 is 11.6 Å². The van der Waals surface area contributed by atoms with Crippen molar-refractivity contribution in [1.82, 2.24) is 5.32 Å². The van der Waals surface area contributed by atoms with E-state index in [0.29, 0.717) is 0 Å². The van der Waals surface area contributed by atoms with Crippen LogP contribution >= 0.6 is 0 Å². The minimum Gasteiger partial charge on any atom is -0.326 e. The zero-order valence-electron chi connectivity index (χ0n) is 9.62. The molecular weight excluding hydrogens is 200 g/mol. The average molecular weight is 218 g/mol. The van der Waals surface area contributed by atoms with E-state index < -0.39 is 0 Å². The van der Waals surface area contributed by atoms with Crippen molar-refractivity contribution < 1.29 is 4.79 Å². The molecule has 86 valence electrons. The molecule has 0 spiro atoms. The molecule has 3 nitrogen and oxygen atoms in total. The van der Waals surface area contributed by atoms with Gasteiger partial charge in [0.2, 0.25) is 5.91 Å². The summed E-state index contributed by atoms with van der Waals surface area (Å²) in [6, 6.07) is 8.14. The van der Waals surface area contributed by atoms with E-state index >= 15 is 0 Å². The van der Waals surface area contributed by atoms with Gasteiger partial charge in [0, 0.05) is 12.6 Å². The number of anilines is 1. The molecule has 1 amide bonds. The van der Waals surface area contributed by atoms with Crippen molar-refractivity contribution in [3.05, 3.63) is 29.8 Å². The van der Waals surface area contributed by atoms with Gasteiger partial charge in [0.15, 0.2) is 0 Å². The Kier molecular flexibility index (Phi) is 3.57. The first-order chi connectivity index (χ1) is 7.74. The zero-order valence-corrected chi connectivity index (χ0v) is 9.62. The number of carbonyl (C=O) groups excluding carboxylic acids is 1. The van der Waals surface area contributed by atoms with Gasteiger partial charge in [-0.25, -0.2) is 0 Å².